The largest absolute Gasteiger partial charge is 0.467 e. The number of furan rings is 1. The highest BCUT2D eigenvalue weighted by Gasteiger charge is 2.25. The van der Waals surface area contributed by atoms with Gasteiger partial charge in [-0.1, -0.05) is 43.3 Å². The Morgan fingerprint density at radius 1 is 1.03 bits per heavy atom. The number of thiophene rings is 1. The number of rotatable bonds is 11. The van der Waals surface area contributed by atoms with Crippen LogP contribution in [0.15, 0.2) is 70.7 Å². The second-order valence-corrected chi connectivity index (χ2v) is 8.70. The van der Waals surface area contributed by atoms with Gasteiger partial charge in [0.05, 0.1) is 19.2 Å². The molecule has 2 aromatic heterocycles. The van der Waals surface area contributed by atoms with Gasteiger partial charge >= 0.3 is 0 Å². The topological polar surface area (TPSA) is 53.8 Å². The van der Waals surface area contributed by atoms with Crippen LogP contribution < -0.4 is 0 Å². The molecule has 0 spiro atoms. The molecule has 5 nitrogen and oxygen atoms in total. The maximum Gasteiger partial charge on any atom is 0.242 e. The standard InChI is InChI=1S/C25H30N2O3S/c1-3-20(2)27(24(28)17-23-12-8-16-31-23)19-25(29)26(18-22-11-7-15-30-22)14-13-21-9-5-4-6-10-21/h4-12,15-16,20H,3,13-14,17-19H2,1-2H3/t20-/m0/s1. The molecule has 2 amide bonds. The summed E-state index contributed by atoms with van der Waals surface area (Å²) >= 11 is 1.57. The predicted octanol–water partition coefficient (Wildman–Crippen LogP) is 4.78. The van der Waals surface area contributed by atoms with Crippen LogP contribution in [0.1, 0.15) is 36.5 Å². The van der Waals surface area contributed by atoms with Gasteiger partial charge in [0, 0.05) is 17.5 Å². The van der Waals surface area contributed by atoms with Gasteiger partial charge in [-0.3, -0.25) is 9.59 Å². The van der Waals surface area contributed by atoms with E-state index >= 15 is 0 Å². The molecule has 0 saturated heterocycles. The van der Waals surface area contributed by atoms with Gasteiger partial charge in [-0.05, 0) is 48.9 Å². The molecule has 0 N–H and O–H groups in total. The van der Waals surface area contributed by atoms with E-state index in [2.05, 4.69) is 12.1 Å². The molecular weight excluding hydrogens is 408 g/mol. The quantitative estimate of drug-likeness (QED) is 0.433. The zero-order chi connectivity index (χ0) is 22.1. The third kappa shape index (κ3) is 6.82. The predicted molar refractivity (Wildman–Crippen MR) is 124 cm³/mol. The van der Waals surface area contributed by atoms with Crippen molar-refractivity contribution in [3.8, 4) is 0 Å². The first-order valence-electron chi connectivity index (χ1n) is 10.7. The van der Waals surface area contributed by atoms with Crippen LogP contribution in [0.4, 0.5) is 0 Å². The Kier molecular flexibility index (Phi) is 8.47. The van der Waals surface area contributed by atoms with Crippen LogP contribution in [0.25, 0.3) is 0 Å². The highest BCUT2D eigenvalue weighted by molar-refractivity contribution is 7.10. The normalized spacial score (nSPS) is 11.8. The molecule has 2 heterocycles. The molecule has 0 aliphatic carbocycles. The lowest BCUT2D eigenvalue weighted by Gasteiger charge is -2.31. The van der Waals surface area contributed by atoms with Gasteiger partial charge in [0.2, 0.25) is 11.8 Å². The van der Waals surface area contributed by atoms with E-state index in [4.69, 9.17) is 4.42 Å². The molecule has 0 radical (unpaired) electrons. The Labute approximate surface area is 188 Å². The van der Waals surface area contributed by atoms with E-state index in [0.717, 1.165) is 23.5 Å². The molecule has 3 rings (SSSR count). The third-order valence-corrected chi connectivity index (χ3v) is 6.32. The number of hydrogen-bond acceptors (Lipinski definition) is 4. The first-order chi connectivity index (χ1) is 15.1. The Bertz CT molecular complexity index is 923. The smallest absolute Gasteiger partial charge is 0.242 e. The minimum absolute atomic E-state index is 0.00371. The number of nitrogens with zero attached hydrogens (tertiary/aromatic N) is 2. The summed E-state index contributed by atoms with van der Waals surface area (Å²) in [6, 6.07) is 17.7. The van der Waals surface area contributed by atoms with Crippen molar-refractivity contribution in [1.29, 1.82) is 0 Å². The zero-order valence-corrected chi connectivity index (χ0v) is 19.0. The van der Waals surface area contributed by atoms with Crippen LogP contribution >= 0.6 is 11.3 Å². The van der Waals surface area contributed by atoms with Gasteiger partial charge in [0.25, 0.3) is 0 Å². The third-order valence-electron chi connectivity index (χ3n) is 5.45. The van der Waals surface area contributed by atoms with Gasteiger partial charge in [-0.15, -0.1) is 11.3 Å². The van der Waals surface area contributed by atoms with Gasteiger partial charge in [0.15, 0.2) is 0 Å². The number of carbonyl (C=O) groups is 2. The van der Waals surface area contributed by atoms with Crippen molar-refractivity contribution in [2.45, 2.75) is 45.7 Å². The molecule has 164 valence electrons. The number of amides is 2. The highest BCUT2D eigenvalue weighted by atomic mass is 32.1. The molecule has 6 heteroatoms. The van der Waals surface area contributed by atoms with Crippen molar-refractivity contribution >= 4 is 23.2 Å². The van der Waals surface area contributed by atoms with Gasteiger partial charge in [-0.2, -0.15) is 0 Å². The molecule has 3 aromatic rings. The monoisotopic (exact) mass is 438 g/mol. The summed E-state index contributed by atoms with van der Waals surface area (Å²) in [6.07, 6.45) is 3.49. The molecule has 0 aliphatic heterocycles. The molecule has 1 atom stereocenters. The van der Waals surface area contributed by atoms with E-state index in [0.29, 0.717) is 19.5 Å². The molecule has 0 bridgehead atoms. The van der Waals surface area contributed by atoms with Crippen LogP contribution in [0.5, 0.6) is 0 Å². The summed E-state index contributed by atoms with van der Waals surface area (Å²) in [6.45, 7) is 5.08. The molecular formula is C25H30N2O3S. The van der Waals surface area contributed by atoms with E-state index in [9.17, 15) is 9.59 Å². The van der Waals surface area contributed by atoms with E-state index < -0.39 is 0 Å². The number of hydrogen-bond donors (Lipinski definition) is 0. The fraction of sp³-hybridized carbons (Fsp3) is 0.360. The summed E-state index contributed by atoms with van der Waals surface area (Å²) in [5.74, 6) is 0.666. The lowest BCUT2D eigenvalue weighted by atomic mass is 10.1. The minimum Gasteiger partial charge on any atom is -0.467 e. The number of benzene rings is 1. The first kappa shape index (κ1) is 22.8. The fourth-order valence-electron chi connectivity index (χ4n) is 3.41. The summed E-state index contributed by atoms with van der Waals surface area (Å²) < 4.78 is 5.48. The lowest BCUT2D eigenvalue weighted by molar-refractivity contribution is -0.142. The summed E-state index contributed by atoms with van der Waals surface area (Å²) in [4.78, 5) is 30.9. The van der Waals surface area contributed by atoms with Gasteiger partial charge in [-0.25, -0.2) is 0 Å². The molecule has 0 aliphatic rings. The second kappa shape index (κ2) is 11.5. The maximum absolute atomic E-state index is 13.3. The van der Waals surface area contributed by atoms with Crippen molar-refractivity contribution in [3.05, 3.63) is 82.4 Å². The van der Waals surface area contributed by atoms with Crippen molar-refractivity contribution < 1.29 is 14.0 Å². The average molecular weight is 439 g/mol. The van der Waals surface area contributed by atoms with E-state index in [-0.39, 0.29) is 24.4 Å². The maximum atomic E-state index is 13.3. The molecule has 31 heavy (non-hydrogen) atoms. The summed E-state index contributed by atoms with van der Waals surface area (Å²) in [5.41, 5.74) is 1.17. The zero-order valence-electron chi connectivity index (χ0n) is 18.2. The Balaban J connectivity index is 1.71. The highest BCUT2D eigenvalue weighted by Crippen LogP contribution is 2.15. The van der Waals surface area contributed by atoms with E-state index in [1.54, 1.807) is 27.4 Å². The van der Waals surface area contributed by atoms with Crippen LogP contribution in [0.2, 0.25) is 0 Å². The van der Waals surface area contributed by atoms with Crippen molar-refractivity contribution in [3.63, 3.8) is 0 Å². The number of carbonyl (C=O) groups excluding carboxylic acids is 2. The summed E-state index contributed by atoms with van der Waals surface area (Å²) in [5, 5.41) is 1.97. The second-order valence-electron chi connectivity index (χ2n) is 7.67. The molecule has 0 saturated carbocycles. The van der Waals surface area contributed by atoms with Crippen LogP contribution in [0.3, 0.4) is 0 Å². The lowest BCUT2D eigenvalue weighted by Crippen LogP contribution is -2.47. The molecule has 1 aromatic carbocycles. The first-order valence-corrected chi connectivity index (χ1v) is 11.6. The fourth-order valence-corrected chi connectivity index (χ4v) is 4.11. The van der Waals surface area contributed by atoms with Gasteiger partial charge < -0.3 is 14.2 Å². The van der Waals surface area contributed by atoms with Crippen molar-refractivity contribution in [1.82, 2.24) is 9.80 Å². The summed E-state index contributed by atoms with van der Waals surface area (Å²) in [7, 11) is 0. The molecule has 0 fully saturated rings. The Morgan fingerprint density at radius 2 is 1.84 bits per heavy atom. The van der Waals surface area contributed by atoms with Gasteiger partial charge in [0.1, 0.15) is 12.3 Å². The Morgan fingerprint density at radius 3 is 2.48 bits per heavy atom. The SMILES string of the molecule is CC[C@H](C)N(CC(=O)N(CCc1ccccc1)Cc1ccco1)C(=O)Cc1cccs1. The molecule has 0 unspecified atom stereocenters. The van der Waals surface area contributed by atoms with E-state index in [1.807, 2.05) is 61.7 Å². The average Bonchev–Trinajstić information content (AvgIpc) is 3.49. The van der Waals surface area contributed by atoms with Crippen molar-refractivity contribution in [2.75, 3.05) is 13.1 Å². The minimum atomic E-state index is -0.0628. The van der Waals surface area contributed by atoms with Crippen molar-refractivity contribution in [2.24, 2.45) is 0 Å². The van der Waals surface area contributed by atoms with E-state index in [1.165, 1.54) is 5.56 Å². The Hall–Kier alpha value is -2.86. The van der Waals surface area contributed by atoms with Crippen LogP contribution in [-0.4, -0.2) is 40.7 Å². The van der Waals surface area contributed by atoms with Crippen LogP contribution in [-0.2, 0) is 29.0 Å². The van der Waals surface area contributed by atoms with Crippen LogP contribution in [0, 0.1) is 0 Å².